The minimum absolute atomic E-state index is 0.0151. The molecule has 0 bridgehead atoms. The summed E-state index contributed by atoms with van der Waals surface area (Å²) in [7, 11) is 0. The van der Waals surface area contributed by atoms with Gasteiger partial charge in [0.2, 0.25) is 5.89 Å². The molecule has 3 aromatic rings. The van der Waals surface area contributed by atoms with Gasteiger partial charge >= 0.3 is 0 Å². The number of rotatable bonds is 6. The van der Waals surface area contributed by atoms with Crippen molar-refractivity contribution >= 4 is 11.8 Å². The Hall–Kier alpha value is -2.22. The molecule has 23 heavy (non-hydrogen) atoms. The fraction of sp³-hybridized carbons (Fsp3) is 0.400. The molecule has 0 spiro atoms. The number of nitrogens with zero attached hydrogens (tertiary/aromatic N) is 6. The van der Waals surface area contributed by atoms with Crippen molar-refractivity contribution in [3.05, 3.63) is 36.2 Å². The summed E-state index contributed by atoms with van der Waals surface area (Å²) in [4.78, 5) is 8.34. The first-order chi connectivity index (χ1) is 11.2. The van der Waals surface area contributed by atoms with Crippen molar-refractivity contribution in [3.8, 4) is 11.4 Å². The monoisotopic (exact) mass is 330 g/mol. The molecule has 8 heteroatoms. The van der Waals surface area contributed by atoms with Crippen molar-refractivity contribution in [2.45, 2.75) is 44.1 Å². The van der Waals surface area contributed by atoms with Gasteiger partial charge in [-0.15, -0.1) is 10.2 Å². The topological polar surface area (TPSA) is 82.5 Å². The zero-order valence-corrected chi connectivity index (χ0v) is 14.1. The van der Waals surface area contributed by atoms with Crippen LogP contribution in [-0.2, 0) is 6.54 Å². The highest BCUT2D eigenvalue weighted by atomic mass is 32.2. The Bertz CT molecular complexity index is 769. The predicted molar refractivity (Wildman–Crippen MR) is 86.9 cm³/mol. The van der Waals surface area contributed by atoms with Crippen molar-refractivity contribution < 1.29 is 4.52 Å². The molecule has 7 nitrogen and oxygen atoms in total. The largest absolute Gasteiger partial charge is 0.338 e. The summed E-state index contributed by atoms with van der Waals surface area (Å²) < 4.78 is 7.37. The van der Waals surface area contributed by atoms with Crippen LogP contribution >= 0.6 is 11.8 Å². The number of hydrogen-bond donors (Lipinski definition) is 0. The van der Waals surface area contributed by atoms with Crippen LogP contribution in [0.15, 0.2) is 34.2 Å². The lowest BCUT2D eigenvalue weighted by atomic mass is 10.2. The third kappa shape index (κ3) is 3.42. The van der Waals surface area contributed by atoms with E-state index in [0.29, 0.717) is 11.7 Å². The van der Waals surface area contributed by atoms with Crippen LogP contribution in [0.4, 0.5) is 0 Å². The van der Waals surface area contributed by atoms with Crippen LogP contribution in [0, 0.1) is 6.92 Å². The van der Waals surface area contributed by atoms with Crippen LogP contribution in [0.5, 0.6) is 0 Å². The molecule has 120 valence electrons. The molecule has 0 amide bonds. The van der Waals surface area contributed by atoms with Gasteiger partial charge in [-0.3, -0.25) is 4.98 Å². The van der Waals surface area contributed by atoms with Crippen molar-refractivity contribution in [3.63, 3.8) is 0 Å². The van der Waals surface area contributed by atoms with Gasteiger partial charge in [-0.2, -0.15) is 4.98 Å². The van der Waals surface area contributed by atoms with E-state index in [0.717, 1.165) is 29.5 Å². The van der Waals surface area contributed by atoms with E-state index < -0.39 is 0 Å². The third-order valence-corrected chi connectivity index (χ3v) is 4.34. The smallest absolute Gasteiger partial charge is 0.239 e. The zero-order chi connectivity index (χ0) is 16.2. The molecule has 0 fully saturated rings. The Morgan fingerprint density at radius 2 is 2.04 bits per heavy atom. The van der Waals surface area contributed by atoms with Crippen molar-refractivity contribution in [2.24, 2.45) is 0 Å². The maximum atomic E-state index is 5.24. The molecule has 0 aliphatic carbocycles. The van der Waals surface area contributed by atoms with E-state index in [1.165, 1.54) is 0 Å². The van der Waals surface area contributed by atoms with Crippen molar-refractivity contribution in [1.82, 2.24) is 29.9 Å². The molecule has 0 radical (unpaired) electrons. The van der Waals surface area contributed by atoms with Crippen LogP contribution in [0.1, 0.15) is 37.2 Å². The average molecular weight is 330 g/mol. The minimum Gasteiger partial charge on any atom is -0.338 e. The van der Waals surface area contributed by atoms with Gasteiger partial charge in [-0.05, 0) is 32.4 Å². The Morgan fingerprint density at radius 1 is 1.26 bits per heavy atom. The van der Waals surface area contributed by atoms with Gasteiger partial charge in [0, 0.05) is 24.5 Å². The molecule has 0 saturated heterocycles. The number of hydrogen-bond acceptors (Lipinski definition) is 7. The first kappa shape index (κ1) is 15.7. The van der Waals surface area contributed by atoms with Gasteiger partial charge in [-0.25, -0.2) is 0 Å². The van der Waals surface area contributed by atoms with Gasteiger partial charge in [0.15, 0.2) is 16.8 Å². The second-order valence-corrected chi connectivity index (χ2v) is 6.44. The predicted octanol–water partition coefficient (Wildman–Crippen LogP) is 3.29. The van der Waals surface area contributed by atoms with Crippen molar-refractivity contribution in [2.75, 3.05) is 0 Å². The van der Waals surface area contributed by atoms with Crippen LogP contribution < -0.4 is 0 Å². The summed E-state index contributed by atoms with van der Waals surface area (Å²) in [5, 5.41) is 13.4. The molecule has 0 aliphatic rings. The van der Waals surface area contributed by atoms with Crippen molar-refractivity contribution in [1.29, 1.82) is 0 Å². The maximum Gasteiger partial charge on any atom is 0.239 e. The molecule has 1 atom stereocenters. The SMILES string of the molecule is CCCn1c(SC(C)c2nc(C)no2)nnc1-c1ccncc1. The lowest BCUT2D eigenvalue weighted by Crippen LogP contribution is -2.03. The highest BCUT2D eigenvalue weighted by molar-refractivity contribution is 7.99. The van der Waals surface area contributed by atoms with Gasteiger partial charge < -0.3 is 9.09 Å². The molecular weight excluding hydrogens is 312 g/mol. The Morgan fingerprint density at radius 3 is 2.70 bits per heavy atom. The van der Waals surface area contributed by atoms with E-state index in [4.69, 9.17) is 4.52 Å². The Labute approximate surface area is 138 Å². The number of aryl methyl sites for hydroxylation is 1. The highest BCUT2D eigenvalue weighted by Gasteiger charge is 2.20. The molecular formula is C15H18N6OS. The fourth-order valence-corrected chi connectivity index (χ4v) is 3.11. The van der Waals surface area contributed by atoms with Crippen LogP contribution in [0.25, 0.3) is 11.4 Å². The summed E-state index contributed by atoms with van der Waals surface area (Å²) in [6, 6.07) is 3.88. The molecule has 3 rings (SSSR count). The van der Waals surface area contributed by atoms with E-state index in [9.17, 15) is 0 Å². The van der Waals surface area contributed by atoms with E-state index in [2.05, 4.69) is 36.8 Å². The molecule has 3 heterocycles. The van der Waals surface area contributed by atoms with E-state index in [1.54, 1.807) is 24.2 Å². The quantitative estimate of drug-likeness (QED) is 0.641. The van der Waals surface area contributed by atoms with E-state index in [1.807, 2.05) is 26.0 Å². The first-order valence-corrected chi connectivity index (χ1v) is 8.37. The molecule has 0 saturated carbocycles. The first-order valence-electron chi connectivity index (χ1n) is 7.49. The summed E-state index contributed by atoms with van der Waals surface area (Å²) in [5.74, 6) is 2.09. The summed E-state index contributed by atoms with van der Waals surface area (Å²) >= 11 is 1.57. The lowest BCUT2D eigenvalue weighted by molar-refractivity contribution is 0.376. The molecule has 0 aliphatic heterocycles. The number of aromatic nitrogens is 6. The highest BCUT2D eigenvalue weighted by Crippen LogP contribution is 2.34. The molecule has 0 N–H and O–H groups in total. The average Bonchev–Trinajstić information content (AvgIpc) is 3.16. The normalized spacial score (nSPS) is 12.5. The van der Waals surface area contributed by atoms with Gasteiger partial charge in [0.1, 0.15) is 0 Å². The lowest BCUT2D eigenvalue weighted by Gasteiger charge is -2.10. The summed E-state index contributed by atoms with van der Waals surface area (Å²) in [6.07, 6.45) is 4.52. The maximum absolute atomic E-state index is 5.24. The fourth-order valence-electron chi connectivity index (χ4n) is 2.20. The van der Waals surface area contributed by atoms with Gasteiger partial charge in [0.25, 0.3) is 0 Å². The second kappa shape index (κ2) is 6.91. The van der Waals surface area contributed by atoms with E-state index >= 15 is 0 Å². The molecule has 3 aromatic heterocycles. The zero-order valence-electron chi connectivity index (χ0n) is 13.3. The Balaban J connectivity index is 1.89. The number of thioether (sulfide) groups is 1. The van der Waals surface area contributed by atoms with Crippen LogP contribution in [0.2, 0.25) is 0 Å². The van der Waals surface area contributed by atoms with Gasteiger partial charge in [-0.1, -0.05) is 23.8 Å². The number of pyridine rings is 1. The molecule has 0 aromatic carbocycles. The van der Waals surface area contributed by atoms with E-state index in [-0.39, 0.29) is 5.25 Å². The second-order valence-electron chi connectivity index (χ2n) is 5.13. The summed E-state index contributed by atoms with van der Waals surface area (Å²) in [5.41, 5.74) is 1.01. The Kier molecular flexibility index (Phi) is 4.71. The minimum atomic E-state index is 0.0151. The van der Waals surface area contributed by atoms with Crippen LogP contribution in [0.3, 0.4) is 0 Å². The molecule has 1 unspecified atom stereocenters. The summed E-state index contributed by atoms with van der Waals surface area (Å²) in [6.45, 7) is 6.82. The standard InChI is InChI=1S/C15H18N6OS/c1-4-9-21-13(12-5-7-16-8-6-12)18-19-15(21)23-10(2)14-17-11(3)20-22-14/h5-8,10H,4,9H2,1-3H3. The van der Waals surface area contributed by atoms with Gasteiger partial charge in [0.05, 0.1) is 5.25 Å². The van der Waals surface area contributed by atoms with Crippen LogP contribution in [-0.4, -0.2) is 29.9 Å². The third-order valence-electron chi connectivity index (χ3n) is 3.28.